The SMILES string of the molecule is COc1c(O)c(C(C)C)c(O)c(C)c1C(C)C. The van der Waals surface area contributed by atoms with E-state index in [0.29, 0.717) is 11.3 Å². The van der Waals surface area contributed by atoms with Crippen molar-refractivity contribution in [1.29, 1.82) is 0 Å². The Morgan fingerprint density at radius 2 is 1.35 bits per heavy atom. The van der Waals surface area contributed by atoms with Gasteiger partial charge in [0.05, 0.1) is 7.11 Å². The highest BCUT2D eigenvalue weighted by molar-refractivity contribution is 5.63. The minimum atomic E-state index is 0.0452. The van der Waals surface area contributed by atoms with Crippen LogP contribution in [0, 0.1) is 6.92 Å². The molecule has 0 spiro atoms. The second kappa shape index (κ2) is 4.86. The maximum Gasteiger partial charge on any atom is 0.165 e. The van der Waals surface area contributed by atoms with Gasteiger partial charge in [-0.25, -0.2) is 0 Å². The van der Waals surface area contributed by atoms with Crippen LogP contribution in [0.1, 0.15) is 56.2 Å². The summed E-state index contributed by atoms with van der Waals surface area (Å²) in [5.41, 5.74) is 2.22. The molecule has 1 aromatic rings. The molecule has 0 aliphatic rings. The van der Waals surface area contributed by atoms with Crippen molar-refractivity contribution >= 4 is 0 Å². The highest BCUT2D eigenvalue weighted by atomic mass is 16.5. The molecule has 0 unspecified atom stereocenters. The number of aromatic hydroxyl groups is 2. The van der Waals surface area contributed by atoms with Crippen molar-refractivity contribution in [3.05, 3.63) is 16.7 Å². The largest absolute Gasteiger partial charge is 0.507 e. The predicted molar refractivity (Wildman–Crippen MR) is 69.2 cm³/mol. The van der Waals surface area contributed by atoms with Gasteiger partial charge in [0.1, 0.15) is 5.75 Å². The predicted octanol–water partition coefficient (Wildman–Crippen LogP) is 3.66. The molecule has 17 heavy (non-hydrogen) atoms. The van der Waals surface area contributed by atoms with Gasteiger partial charge >= 0.3 is 0 Å². The lowest BCUT2D eigenvalue weighted by Gasteiger charge is -2.22. The second-order valence-corrected chi connectivity index (χ2v) is 4.99. The van der Waals surface area contributed by atoms with Gasteiger partial charge in [-0.2, -0.15) is 0 Å². The Hall–Kier alpha value is -1.38. The van der Waals surface area contributed by atoms with Crippen LogP contribution in [0.25, 0.3) is 0 Å². The van der Waals surface area contributed by atoms with E-state index in [1.54, 1.807) is 7.11 Å². The molecular formula is C14H22O3. The lowest BCUT2D eigenvalue weighted by molar-refractivity contribution is 0.356. The zero-order chi connectivity index (χ0) is 13.3. The first-order valence-corrected chi connectivity index (χ1v) is 5.95. The van der Waals surface area contributed by atoms with Gasteiger partial charge in [0.2, 0.25) is 0 Å². The lowest BCUT2D eigenvalue weighted by Crippen LogP contribution is -2.02. The minimum absolute atomic E-state index is 0.0452. The van der Waals surface area contributed by atoms with Gasteiger partial charge in [0.25, 0.3) is 0 Å². The highest BCUT2D eigenvalue weighted by Gasteiger charge is 2.24. The third-order valence-electron chi connectivity index (χ3n) is 3.09. The van der Waals surface area contributed by atoms with Crippen molar-refractivity contribution in [2.24, 2.45) is 0 Å². The summed E-state index contributed by atoms with van der Waals surface area (Å²) < 4.78 is 5.30. The molecule has 0 atom stereocenters. The molecule has 0 bridgehead atoms. The molecule has 96 valence electrons. The van der Waals surface area contributed by atoms with Crippen molar-refractivity contribution in [1.82, 2.24) is 0 Å². The Kier molecular flexibility index (Phi) is 3.91. The summed E-state index contributed by atoms with van der Waals surface area (Å²) >= 11 is 0. The zero-order valence-electron chi connectivity index (χ0n) is 11.5. The van der Waals surface area contributed by atoms with E-state index in [9.17, 15) is 10.2 Å². The summed E-state index contributed by atoms with van der Waals surface area (Å²) in [6, 6.07) is 0. The summed E-state index contributed by atoms with van der Waals surface area (Å²) in [4.78, 5) is 0. The Morgan fingerprint density at radius 1 is 0.882 bits per heavy atom. The molecular weight excluding hydrogens is 216 g/mol. The van der Waals surface area contributed by atoms with Gasteiger partial charge in [0, 0.05) is 11.1 Å². The zero-order valence-corrected chi connectivity index (χ0v) is 11.5. The van der Waals surface area contributed by atoms with E-state index < -0.39 is 0 Å². The van der Waals surface area contributed by atoms with E-state index in [0.717, 1.165) is 11.1 Å². The molecule has 0 amide bonds. The number of methoxy groups -OCH3 is 1. The smallest absolute Gasteiger partial charge is 0.165 e. The van der Waals surface area contributed by atoms with Crippen molar-refractivity contribution in [2.45, 2.75) is 46.5 Å². The van der Waals surface area contributed by atoms with E-state index in [1.165, 1.54) is 0 Å². The summed E-state index contributed by atoms with van der Waals surface area (Å²) in [5, 5.41) is 20.4. The fourth-order valence-electron chi connectivity index (χ4n) is 2.31. The molecule has 3 nitrogen and oxygen atoms in total. The Labute approximate surface area is 103 Å². The molecule has 0 heterocycles. The van der Waals surface area contributed by atoms with Crippen LogP contribution >= 0.6 is 0 Å². The van der Waals surface area contributed by atoms with Crippen molar-refractivity contribution < 1.29 is 14.9 Å². The Bertz CT molecular complexity index is 420. The number of phenols is 2. The third-order valence-corrected chi connectivity index (χ3v) is 3.09. The van der Waals surface area contributed by atoms with Crippen LogP contribution < -0.4 is 4.74 Å². The van der Waals surface area contributed by atoms with Gasteiger partial charge in [-0.05, 0) is 24.3 Å². The first-order chi connectivity index (χ1) is 7.82. The fourth-order valence-corrected chi connectivity index (χ4v) is 2.31. The number of rotatable bonds is 3. The molecule has 0 radical (unpaired) electrons. The standard InChI is InChI=1S/C14H22O3/c1-7(2)10-9(5)12(15)11(8(3)4)13(16)14(10)17-6/h7-8,15-16H,1-6H3. The van der Waals surface area contributed by atoms with Gasteiger partial charge in [-0.3, -0.25) is 0 Å². The van der Waals surface area contributed by atoms with Crippen LogP contribution in [0.4, 0.5) is 0 Å². The lowest BCUT2D eigenvalue weighted by atomic mass is 9.89. The maximum absolute atomic E-state index is 10.2. The molecule has 1 rings (SSSR count). The normalized spacial score (nSPS) is 11.3. The maximum atomic E-state index is 10.2. The highest BCUT2D eigenvalue weighted by Crippen LogP contribution is 2.48. The Morgan fingerprint density at radius 3 is 1.71 bits per heavy atom. The molecule has 0 saturated heterocycles. The van der Waals surface area contributed by atoms with Gasteiger partial charge in [-0.1, -0.05) is 27.7 Å². The van der Waals surface area contributed by atoms with E-state index >= 15 is 0 Å². The Balaban J connectivity index is 3.68. The topological polar surface area (TPSA) is 49.7 Å². The number of phenolic OH excluding ortho intramolecular Hbond substituents is 2. The van der Waals surface area contributed by atoms with Crippen molar-refractivity contribution in [3.63, 3.8) is 0 Å². The van der Waals surface area contributed by atoms with Crippen LogP contribution in [0.15, 0.2) is 0 Å². The van der Waals surface area contributed by atoms with Crippen molar-refractivity contribution in [3.8, 4) is 17.2 Å². The van der Waals surface area contributed by atoms with Gasteiger partial charge in [-0.15, -0.1) is 0 Å². The second-order valence-electron chi connectivity index (χ2n) is 4.99. The molecule has 3 heteroatoms. The minimum Gasteiger partial charge on any atom is -0.507 e. The number of hydrogen-bond acceptors (Lipinski definition) is 3. The number of benzene rings is 1. The fraction of sp³-hybridized carbons (Fsp3) is 0.571. The first kappa shape index (κ1) is 13.7. The number of ether oxygens (including phenoxy) is 1. The summed E-state index contributed by atoms with van der Waals surface area (Å²) in [6.45, 7) is 9.75. The van der Waals surface area contributed by atoms with Gasteiger partial charge in [0.15, 0.2) is 11.5 Å². The summed E-state index contributed by atoms with van der Waals surface area (Å²) in [5.74, 6) is 0.960. The van der Waals surface area contributed by atoms with Crippen LogP contribution in [-0.2, 0) is 0 Å². The molecule has 1 aromatic carbocycles. The van der Waals surface area contributed by atoms with E-state index in [-0.39, 0.29) is 23.3 Å². The molecule has 0 aliphatic heterocycles. The van der Waals surface area contributed by atoms with Crippen LogP contribution in [0.5, 0.6) is 17.2 Å². The quantitative estimate of drug-likeness (QED) is 0.844. The summed E-state index contributed by atoms with van der Waals surface area (Å²) in [6.07, 6.45) is 0. The summed E-state index contributed by atoms with van der Waals surface area (Å²) in [7, 11) is 1.54. The molecule has 0 aliphatic carbocycles. The van der Waals surface area contributed by atoms with Crippen LogP contribution in [0.3, 0.4) is 0 Å². The van der Waals surface area contributed by atoms with E-state index in [4.69, 9.17) is 4.74 Å². The average molecular weight is 238 g/mol. The van der Waals surface area contributed by atoms with Crippen molar-refractivity contribution in [2.75, 3.05) is 7.11 Å². The van der Waals surface area contributed by atoms with Crippen LogP contribution in [0.2, 0.25) is 0 Å². The molecule has 0 saturated carbocycles. The number of hydrogen-bond donors (Lipinski definition) is 2. The van der Waals surface area contributed by atoms with E-state index in [2.05, 4.69) is 0 Å². The molecule has 2 N–H and O–H groups in total. The third kappa shape index (κ3) is 2.19. The van der Waals surface area contributed by atoms with Crippen LogP contribution in [-0.4, -0.2) is 17.3 Å². The molecule has 0 aromatic heterocycles. The average Bonchev–Trinajstić information content (AvgIpc) is 2.22. The van der Waals surface area contributed by atoms with E-state index in [1.807, 2.05) is 34.6 Å². The first-order valence-electron chi connectivity index (χ1n) is 5.95. The monoisotopic (exact) mass is 238 g/mol. The molecule has 0 fully saturated rings. The van der Waals surface area contributed by atoms with Gasteiger partial charge < -0.3 is 14.9 Å².